The van der Waals surface area contributed by atoms with Gasteiger partial charge in [0.15, 0.2) is 0 Å². The van der Waals surface area contributed by atoms with Gasteiger partial charge in [-0.3, -0.25) is 0 Å². The van der Waals surface area contributed by atoms with E-state index in [0.717, 1.165) is 33.9 Å². The third-order valence-corrected chi connectivity index (χ3v) is 7.71. The normalized spacial score (nSPS) is 15.8. The highest BCUT2D eigenvalue weighted by atomic mass is 16.3. The van der Waals surface area contributed by atoms with Crippen molar-refractivity contribution in [1.29, 1.82) is 0 Å². The first-order chi connectivity index (χ1) is 19.3. The van der Waals surface area contributed by atoms with Crippen LogP contribution in [-0.2, 0) is 0 Å². The standard InChI is InChI=1S/C38H28O/c1-2-3-16-27(25-26-14-5-4-6-15-26)36-29-18-7-9-20-31(29)37(32-21-10-8-19-30(32)36)34-23-13-22-33-28-17-11-12-24-35(28)39-38(33)34/h2-14,16-26H,1,15H2/b16-3-,27-25-. The van der Waals surface area contributed by atoms with Gasteiger partial charge in [0, 0.05) is 21.9 Å². The summed E-state index contributed by atoms with van der Waals surface area (Å²) < 4.78 is 6.52. The Morgan fingerprint density at radius 1 is 0.718 bits per heavy atom. The molecule has 1 heterocycles. The summed E-state index contributed by atoms with van der Waals surface area (Å²) in [7, 11) is 0. The molecular formula is C38H28O. The number of para-hydroxylation sites is 2. The molecule has 1 atom stereocenters. The highest BCUT2D eigenvalue weighted by Gasteiger charge is 2.20. The quantitative estimate of drug-likeness (QED) is 0.169. The van der Waals surface area contributed by atoms with Crippen molar-refractivity contribution in [3.63, 3.8) is 0 Å². The molecule has 1 aliphatic carbocycles. The van der Waals surface area contributed by atoms with E-state index in [1.807, 2.05) is 18.2 Å². The second kappa shape index (κ2) is 9.78. The van der Waals surface area contributed by atoms with Gasteiger partial charge in [0.05, 0.1) is 0 Å². The number of furan rings is 1. The van der Waals surface area contributed by atoms with E-state index >= 15 is 0 Å². The summed E-state index contributed by atoms with van der Waals surface area (Å²) in [5.74, 6) is 0.348. The molecule has 0 saturated carbocycles. The number of rotatable bonds is 5. The molecule has 0 amide bonds. The molecule has 0 radical (unpaired) electrons. The molecule has 1 nitrogen and oxygen atoms in total. The molecule has 0 bridgehead atoms. The summed E-state index contributed by atoms with van der Waals surface area (Å²) in [5, 5.41) is 7.19. The highest BCUT2D eigenvalue weighted by Crippen LogP contribution is 2.45. The van der Waals surface area contributed by atoms with Crippen molar-refractivity contribution in [3.05, 3.63) is 152 Å². The first kappa shape index (κ1) is 23.3. The van der Waals surface area contributed by atoms with Crippen LogP contribution in [0.1, 0.15) is 12.0 Å². The Hall–Kier alpha value is -4.88. The van der Waals surface area contributed by atoms with Crippen molar-refractivity contribution in [2.45, 2.75) is 6.42 Å². The third-order valence-electron chi connectivity index (χ3n) is 7.71. The van der Waals surface area contributed by atoms with Gasteiger partial charge in [0.1, 0.15) is 11.2 Å². The van der Waals surface area contributed by atoms with Crippen LogP contribution in [0, 0.1) is 5.92 Å². The molecule has 0 N–H and O–H groups in total. The van der Waals surface area contributed by atoms with Gasteiger partial charge in [-0.1, -0.05) is 140 Å². The number of benzene rings is 5. The molecule has 0 aliphatic heterocycles. The number of hydrogen-bond donors (Lipinski definition) is 0. The van der Waals surface area contributed by atoms with Crippen molar-refractivity contribution >= 4 is 49.1 Å². The zero-order valence-electron chi connectivity index (χ0n) is 21.7. The van der Waals surface area contributed by atoms with E-state index in [4.69, 9.17) is 4.42 Å². The minimum atomic E-state index is 0.348. The van der Waals surface area contributed by atoms with Crippen molar-refractivity contribution < 1.29 is 4.42 Å². The van der Waals surface area contributed by atoms with E-state index in [2.05, 4.69) is 128 Å². The fourth-order valence-corrected chi connectivity index (χ4v) is 6.02. The van der Waals surface area contributed by atoms with Crippen LogP contribution >= 0.6 is 0 Å². The molecule has 5 aromatic carbocycles. The summed E-state index contributed by atoms with van der Waals surface area (Å²) >= 11 is 0. The summed E-state index contributed by atoms with van der Waals surface area (Å²) in [5.41, 5.74) is 6.64. The maximum atomic E-state index is 6.52. The summed E-state index contributed by atoms with van der Waals surface area (Å²) in [6.45, 7) is 3.95. The van der Waals surface area contributed by atoms with Crippen molar-refractivity contribution in [3.8, 4) is 11.1 Å². The summed E-state index contributed by atoms with van der Waals surface area (Å²) in [4.78, 5) is 0. The van der Waals surface area contributed by atoms with Crippen LogP contribution in [-0.4, -0.2) is 0 Å². The Bertz CT molecular complexity index is 1950. The molecule has 6 aromatic rings. The lowest BCUT2D eigenvalue weighted by atomic mass is 9.84. The zero-order chi connectivity index (χ0) is 26.2. The predicted octanol–water partition coefficient (Wildman–Crippen LogP) is 10.8. The van der Waals surface area contributed by atoms with Gasteiger partial charge in [-0.25, -0.2) is 0 Å². The summed E-state index contributed by atoms with van der Waals surface area (Å²) in [6, 6.07) is 32.4. The maximum absolute atomic E-state index is 6.52. The molecule has 1 unspecified atom stereocenters. The second-order valence-electron chi connectivity index (χ2n) is 10.1. The van der Waals surface area contributed by atoms with Gasteiger partial charge in [0.25, 0.3) is 0 Å². The Balaban J connectivity index is 1.59. The molecule has 186 valence electrons. The maximum Gasteiger partial charge on any atom is 0.143 e. The van der Waals surface area contributed by atoms with Crippen LogP contribution < -0.4 is 0 Å². The lowest BCUT2D eigenvalue weighted by Gasteiger charge is -2.19. The zero-order valence-corrected chi connectivity index (χ0v) is 21.7. The van der Waals surface area contributed by atoms with E-state index in [0.29, 0.717) is 5.92 Å². The van der Waals surface area contributed by atoms with Gasteiger partial charge in [-0.05, 0) is 51.1 Å². The van der Waals surface area contributed by atoms with Crippen LogP contribution in [0.25, 0.3) is 60.2 Å². The minimum Gasteiger partial charge on any atom is -0.455 e. The number of allylic oxidation sites excluding steroid dienone is 9. The smallest absolute Gasteiger partial charge is 0.143 e. The molecular weight excluding hydrogens is 472 g/mol. The number of hydrogen-bond acceptors (Lipinski definition) is 1. The fourth-order valence-electron chi connectivity index (χ4n) is 6.02. The largest absolute Gasteiger partial charge is 0.455 e. The molecule has 1 aliphatic rings. The highest BCUT2D eigenvalue weighted by molar-refractivity contribution is 6.22. The average Bonchev–Trinajstić information content (AvgIpc) is 3.38. The van der Waals surface area contributed by atoms with E-state index in [1.165, 1.54) is 38.2 Å². The SMILES string of the molecule is C=C/C=C\C(=C\C1C=CC=CC1)c1c2ccccc2c(-c2cccc3c2oc2ccccc23)c2ccccc12. The first-order valence-corrected chi connectivity index (χ1v) is 13.5. The Kier molecular flexibility index (Phi) is 5.83. The monoisotopic (exact) mass is 500 g/mol. The van der Waals surface area contributed by atoms with Crippen LogP contribution in [0.2, 0.25) is 0 Å². The van der Waals surface area contributed by atoms with Gasteiger partial charge < -0.3 is 4.42 Å². The van der Waals surface area contributed by atoms with Crippen molar-refractivity contribution in [2.75, 3.05) is 0 Å². The fraction of sp³-hybridized carbons (Fsp3) is 0.0526. The van der Waals surface area contributed by atoms with Crippen LogP contribution in [0.5, 0.6) is 0 Å². The Morgan fingerprint density at radius 2 is 1.38 bits per heavy atom. The lowest BCUT2D eigenvalue weighted by Crippen LogP contribution is -1.97. The molecule has 0 fully saturated rings. The Labute approximate surface area is 228 Å². The summed E-state index contributed by atoms with van der Waals surface area (Å²) in [6.07, 6.45) is 18.3. The topological polar surface area (TPSA) is 13.1 Å². The predicted molar refractivity (Wildman–Crippen MR) is 168 cm³/mol. The minimum absolute atomic E-state index is 0.348. The first-order valence-electron chi connectivity index (χ1n) is 13.5. The van der Waals surface area contributed by atoms with Crippen molar-refractivity contribution in [1.82, 2.24) is 0 Å². The lowest BCUT2D eigenvalue weighted by molar-refractivity contribution is 0.670. The molecule has 1 aromatic heterocycles. The van der Waals surface area contributed by atoms with E-state index in [9.17, 15) is 0 Å². The molecule has 1 heteroatoms. The molecule has 0 saturated heterocycles. The van der Waals surface area contributed by atoms with E-state index in [1.54, 1.807) is 0 Å². The van der Waals surface area contributed by atoms with Crippen molar-refractivity contribution in [2.24, 2.45) is 5.92 Å². The van der Waals surface area contributed by atoms with Crippen LogP contribution in [0.4, 0.5) is 0 Å². The Morgan fingerprint density at radius 3 is 2.08 bits per heavy atom. The van der Waals surface area contributed by atoms with E-state index in [-0.39, 0.29) is 0 Å². The van der Waals surface area contributed by atoms with Gasteiger partial charge in [-0.15, -0.1) is 0 Å². The third kappa shape index (κ3) is 3.95. The second-order valence-corrected chi connectivity index (χ2v) is 10.1. The molecule has 39 heavy (non-hydrogen) atoms. The number of fused-ring (bicyclic) bond motifs is 5. The van der Waals surface area contributed by atoms with E-state index < -0.39 is 0 Å². The van der Waals surface area contributed by atoms with Crippen LogP contribution in [0.3, 0.4) is 0 Å². The van der Waals surface area contributed by atoms with Gasteiger partial charge >= 0.3 is 0 Å². The van der Waals surface area contributed by atoms with Gasteiger partial charge in [0.2, 0.25) is 0 Å². The van der Waals surface area contributed by atoms with Gasteiger partial charge in [-0.2, -0.15) is 0 Å². The molecule has 7 rings (SSSR count). The molecule has 0 spiro atoms. The average molecular weight is 501 g/mol. The van der Waals surface area contributed by atoms with Crippen LogP contribution in [0.15, 0.2) is 151 Å².